The molecular weight excluding hydrogens is 184 g/mol. The van der Waals surface area contributed by atoms with E-state index in [9.17, 15) is 4.79 Å². The minimum atomic E-state index is -1.17. The summed E-state index contributed by atoms with van der Waals surface area (Å²) < 4.78 is 0. The first kappa shape index (κ1) is 8.19. The van der Waals surface area contributed by atoms with Gasteiger partial charge in [-0.1, -0.05) is 0 Å². The summed E-state index contributed by atoms with van der Waals surface area (Å²) >= 11 is 0. The predicted octanol–water partition coefficient (Wildman–Crippen LogP) is 0.528. The fourth-order valence-corrected chi connectivity index (χ4v) is 1.21. The number of aromatic amines is 1. The molecule has 0 radical (unpaired) electrons. The second-order valence-corrected chi connectivity index (χ2v) is 2.57. The van der Waals surface area contributed by atoms with E-state index in [0.717, 1.165) is 6.33 Å². The topological polar surface area (TPSA) is 103 Å². The van der Waals surface area contributed by atoms with Crippen LogP contribution in [0.3, 0.4) is 0 Å². The number of carboxylic acid groups (broad SMARTS) is 1. The Balaban J connectivity index is 2.90. The third-order valence-corrected chi connectivity index (χ3v) is 1.79. The normalized spacial score (nSPS) is 9.93. The maximum atomic E-state index is 10.8. The van der Waals surface area contributed by atoms with Gasteiger partial charge in [-0.25, -0.2) is 14.8 Å². The lowest BCUT2D eigenvalue weighted by Gasteiger charge is -1.94. The van der Waals surface area contributed by atoms with E-state index in [1.165, 1.54) is 6.20 Å². The average Bonchev–Trinajstić information content (AvgIpc) is 2.59. The van der Waals surface area contributed by atoms with Crippen molar-refractivity contribution in [3.63, 3.8) is 0 Å². The number of nitrogens with zero attached hydrogens (tertiary/aromatic N) is 3. The highest BCUT2D eigenvalue weighted by atomic mass is 16.4. The first-order valence-electron chi connectivity index (χ1n) is 3.69. The Morgan fingerprint density at radius 2 is 2.36 bits per heavy atom. The first-order valence-corrected chi connectivity index (χ1v) is 3.69. The van der Waals surface area contributed by atoms with E-state index in [1.54, 1.807) is 0 Å². The monoisotopic (exact) mass is 188 g/mol. The van der Waals surface area contributed by atoms with E-state index < -0.39 is 5.97 Å². The highest BCUT2D eigenvalue weighted by Crippen LogP contribution is 2.17. The number of carbonyl (C=O) groups is 1. The number of fused-ring (bicyclic) bond motifs is 1. The largest absolute Gasteiger partial charge is 0.476 e. The Morgan fingerprint density at radius 3 is 3.00 bits per heavy atom. The van der Waals surface area contributed by atoms with Crippen LogP contribution in [0, 0.1) is 11.3 Å². The van der Waals surface area contributed by atoms with E-state index >= 15 is 0 Å². The molecule has 6 nitrogen and oxygen atoms in total. The fourth-order valence-electron chi connectivity index (χ4n) is 1.21. The van der Waals surface area contributed by atoms with E-state index in [0.29, 0.717) is 5.65 Å². The lowest BCUT2D eigenvalue weighted by atomic mass is 10.2. The Labute approximate surface area is 77.8 Å². The van der Waals surface area contributed by atoms with Gasteiger partial charge in [0.2, 0.25) is 0 Å². The summed E-state index contributed by atoms with van der Waals surface area (Å²) in [5, 5.41) is 17.8. The van der Waals surface area contributed by atoms with Gasteiger partial charge in [0.25, 0.3) is 0 Å². The molecule has 0 bridgehead atoms. The van der Waals surface area contributed by atoms with Gasteiger partial charge in [0.15, 0.2) is 5.69 Å². The molecule has 0 fully saturated rings. The number of nitriles is 1. The Morgan fingerprint density at radius 1 is 1.57 bits per heavy atom. The van der Waals surface area contributed by atoms with Gasteiger partial charge in [0, 0.05) is 6.20 Å². The molecule has 0 aliphatic heterocycles. The minimum Gasteiger partial charge on any atom is -0.476 e. The molecule has 2 heterocycles. The van der Waals surface area contributed by atoms with Gasteiger partial charge in [0.1, 0.15) is 18.0 Å². The lowest BCUT2D eigenvalue weighted by Crippen LogP contribution is -2.01. The molecule has 0 aliphatic rings. The molecular formula is C8H4N4O2. The molecule has 0 aliphatic carbocycles. The second-order valence-electron chi connectivity index (χ2n) is 2.57. The Kier molecular flexibility index (Phi) is 1.65. The van der Waals surface area contributed by atoms with Gasteiger partial charge < -0.3 is 10.1 Å². The van der Waals surface area contributed by atoms with Crippen molar-refractivity contribution in [3.05, 3.63) is 23.8 Å². The number of hydrogen-bond donors (Lipinski definition) is 2. The maximum Gasteiger partial charge on any atom is 0.355 e. The van der Waals surface area contributed by atoms with Crippen molar-refractivity contribution >= 4 is 17.0 Å². The summed E-state index contributed by atoms with van der Waals surface area (Å²) in [5.41, 5.74) is 0.430. The smallest absolute Gasteiger partial charge is 0.355 e. The molecule has 0 saturated heterocycles. The van der Waals surface area contributed by atoms with E-state index in [4.69, 9.17) is 10.4 Å². The third-order valence-electron chi connectivity index (χ3n) is 1.79. The van der Waals surface area contributed by atoms with Crippen molar-refractivity contribution in [3.8, 4) is 6.07 Å². The van der Waals surface area contributed by atoms with Crippen LogP contribution in [-0.2, 0) is 0 Å². The first-order chi connectivity index (χ1) is 6.74. The van der Waals surface area contributed by atoms with Gasteiger partial charge in [-0.15, -0.1) is 0 Å². The van der Waals surface area contributed by atoms with Gasteiger partial charge in [0.05, 0.1) is 10.9 Å². The van der Waals surface area contributed by atoms with Crippen LogP contribution >= 0.6 is 0 Å². The standard InChI is InChI=1S/C8H4N4O2/c9-1-4-2-10-7-5(4)6(8(13)14)11-3-12-7/h2-3H,(H,13,14)(H,10,11,12). The molecule has 0 spiro atoms. The number of carboxylic acids is 1. The molecule has 68 valence electrons. The molecule has 2 aromatic heterocycles. The molecule has 0 saturated carbocycles. The zero-order valence-corrected chi connectivity index (χ0v) is 6.85. The number of hydrogen-bond acceptors (Lipinski definition) is 4. The van der Waals surface area contributed by atoms with Gasteiger partial charge in [-0.05, 0) is 0 Å². The number of aromatic nitrogens is 3. The molecule has 0 unspecified atom stereocenters. The second kappa shape index (κ2) is 2.81. The third kappa shape index (κ3) is 0.998. The molecule has 2 rings (SSSR count). The van der Waals surface area contributed by atoms with Crippen molar-refractivity contribution in [1.29, 1.82) is 5.26 Å². The van der Waals surface area contributed by atoms with Gasteiger partial charge in [-0.2, -0.15) is 5.26 Å². The molecule has 0 atom stereocenters. The molecule has 2 N–H and O–H groups in total. The van der Waals surface area contributed by atoms with Gasteiger partial charge in [-0.3, -0.25) is 0 Å². The molecule has 6 heteroatoms. The highest BCUT2D eigenvalue weighted by Gasteiger charge is 2.15. The molecule has 0 aromatic carbocycles. The van der Waals surface area contributed by atoms with Crippen molar-refractivity contribution in [2.24, 2.45) is 0 Å². The highest BCUT2D eigenvalue weighted by molar-refractivity contribution is 6.02. The van der Waals surface area contributed by atoms with Crippen LogP contribution in [0.2, 0.25) is 0 Å². The van der Waals surface area contributed by atoms with E-state index in [1.807, 2.05) is 6.07 Å². The minimum absolute atomic E-state index is 0.159. The summed E-state index contributed by atoms with van der Waals surface area (Å²) in [6, 6.07) is 1.87. The summed E-state index contributed by atoms with van der Waals surface area (Å²) in [6.07, 6.45) is 2.55. The lowest BCUT2D eigenvalue weighted by molar-refractivity contribution is 0.0692. The van der Waals surface area contributed by atoms with Crippen LogP contribution < -0.4 is 0 Å². The Bertz CT molecular complexity index is 552. The van der Waals surface area contributed by atoms with Crippen molar-refractivity contribution < 1.29 is 9.90 Å². The number of rotatable bonds is 1. The van der Waals surface area contributed by atoms with Crippen LogP contribution in [0.1, 0.15) is 16.1 Å². The van der Waals surface area contributed by atoms with Crippen LogP contribution in [0.5, 0.6) is 0 Å². The van der Waals surface area contributed by atoms with Crippen molar-refractivity contribution in [2.45, 2.75) is 0 Å². The van der Waals surface area contributed by atoms with Crippen LogP contribution in [0.25, 0.3) is 11.0 Å². The molecule has 0 amide bonds. The molecule has 2 aromatic rings. The van der Waals surface area contributed by atoms with Crippen LogP contribution in [0.15, 0.2) is 12.5 Å². The van der Waals surface area contributed by atoms with Gasteiger partial charge >= 0.3 is 5.97 Å². The van der Waals surface area contributed by atoms with E-state index in [2.05, 4.69) is 15.0 Å². The quantitative estimate of drug-likeness (QED) is 0.679. The predicted molar refractivity (Wildman–Crippen MR) is 45.6 cm³/mol. The number of aromatic carboxylic acids is 1. The Hall–Kier alpha value is -2.42. The maximum absolute atomic E-state index is 10.8. The van der Waals surface area contributed by atoms with Crippen molar-refractivity contribution in [2.75, 3.05) is 0 Å². The summed E-state index contributed by atoms with van der Waals surface area (Å²) in [4.78, 5) is 20.9. The van der Waals surface area contributed by atoms with Crippen LogP contribution in [-0.4, -0.2) is 26.0 Å². The number of H-pyrrole nitrogens is 1. The van der Waals surface area contributed by atoms with E-state index in [-0.39, 0.29) is 16.6 Å². The average molecular weight is 188 g/mol. The van der Waals surface area contributed by atoms with Crippen molar-refractivity contribution in [1.82, 2.24) is 15.0 Å². The summed E-state index contributed by atoms with van der Waals surface area (Å²) in [6.45, 7) is 0. The zero-order chi connectivity index (χ0) is 10.1. The zero-order valence-electron chi connectivity index (χ0n) is 6.85. The SMILES string of the molecule is N#Cc1c[nH]c2ncnc(C(=O)O)c12. The number of nitrogens with one attached hydrogen (secondary N) is 1. The summed E-state index contributed by atoms with van der Waals surface area (Å²) in [5.74, 6) is -1.17. The molecule has 14 heavy (non-hydrogen) atoms. The fraction of sp³-hybridized carbons (Fsp3) is 0. The van der Waals surface area contributed by atoms with Crippen LogP contribution in [0.4, 0.5) is 0 Å². The summed E-state index contributed by atoms with van der Waals surface area (Å²) in [7, 11) is 0.